The number of anilines is 3. The van der Waals surface area contributed by atoms with E-state index in [4.69, 9.17) is 10.5 Å². The minimum Gasteiger partial charge on any atom is -0.378 e. The third kappa shape index (κ3) is 4.31. The van der Waals surface area contributed by atoms with Crippen LogP contribution in [0, 0.1) is 0 Å². The van der Waals surface area contributed by atoms with E-state index in [1.165, 1.54) is 0 Å². The molecule has 4 rings (SSSR count). The molecule has 2 aromatic rings. The maximum absolute atomic E-state index is 13.6. The molecule has 0 unspecified atom stereocenters. The van der Waals surface area contributed by atoms with Crippen molar-refractivity contribution in [1.82, 2.24) is 24.9 Å². The Kier molecular flexibility index (Phi) is 5.35. The molecule has 29 heavy (non-hydrogen) atoms. The molecule has 0 saturated carbocycles. The third-order valence-electron chi connectivity index (χ3n) is 4.86. The van der Waals surface area contributed by atoms with Gasteiger partial charge in [-0.3, -0.25) is 0 Å². The quantitative estimate of drug-likeness (QED) is 0.810. The first-order valence-corrected chi connectivity index (χ1v) is 9.45. The summed E-state index contributed by atoms with van der Waals surface area (Å²) in [7, 11) is 0. The van der Waals surface area contributed by atoms with Gasteiger partial charge in [-0.05, 0) is 19.3 Å². The molecule has 2 fully saturated rings. The van der Waals surface area contributed by atoms with Crippen LogP contribution in [0.5, 0.6) is 0 Å². The van der Waals surface area contributed by atoms with Gasteiger partial charge in [0.1, 0.15) is 0 Å². The van der Waals surface area contributed by atoms with Crippen molar-refractivity contribution in [3.63, 3.8) is 0 Å². The van der Waals surface area contributed by atoms with Gasteiger partial charge >= 0.3 is 6.18 Å². The monoisotopic (exact) mass is 410 g/mol. The lowest BCUT2D eigenvalue weighted by Gasteiger charge is -2.30. The fourth-order valence-electron chi connectivity index (χ4n) is 3.39. The summed E-state index contributed by atoms with van der Waals surface area (Å²) < 4.78 is 46.1. The van der Waals surface area contributed by atoms with Crippen molar-refractivity contribution in [3.8, 4) is 11.4 Å². The summed E-state index contributed by atoms with van der Waals surface area (Å²) in [6, 6.07) is 0. The highest BCUT2D eigenvalue weighted by Crippen LogP contribution is 2.35. The van der Waals surface area contributed by atoms with Gasteiger partial charge in [0, 0.05) is 32.4 Å². The standard InChI is InChI=1S/C17H21F3N8O/c18-17(19,20)12-11(10-22-14(21)23-12)13-24-15(27-4-2-1-3-5-27)26-16(25-13)28-6-8-29-9-7-28/h10H,1-9H2,(H2,21,22,23). The Balaban J connectivity index is 1.82. The fraction of sp³-hybridized carbons (Fsp3) is 0.588. The number of nitrogen functional groups attached to an aromatic ring is 1. The van der Waals surface area contributed by atoms with Crippen molar-refractivity contribution >= 4 is 17.8 Å². The Bertz CT molecular complexity index is 830. The number of ether oxygens (including phenoxy) is 1. The van der Waals surface area contributed by atoms with Crippen molar-refractivity contribution in [2.45, 2.75) is 25.4 Å². The van der Waals surface area contributed by atoms with E-state index in [9.17, 15) is 13.2 Å². The number of aromatic nitrogens is 5. The van der Waals surface area contributed by atoms with Gasteiger partial charge in [0.25, 0.3) is 0 Å². The number of morpholine rings is 1. The lowest BCUT2D eigenvalue weighted by molar-refractivity contribution is -0.140. The number of hydrogen-bond donors (Lipinski definition) is 1. The second kappa shape index (κ2) is 7.93. The molecule has 2 aliphatic heterocycles. The summed E-state index contributed by atoms with van der Waals surface area (Å²) in [4.78, 5) is 24.2. The Morgan fingerprint density at radius 1 is 0.862 bits per heavy atom. The largest absolute Gasteiger partial charge is 0.434 e. The third-order valence-corrected chi connectivity index (χ3v) is 4.86. The highest BCUT2D eigenvalue weighted by atomic mass is 19.4. The van der Waals surface area contributed by atoms with Gasteiger partial charge in [-0.25, -0.2) is 9.97 Å². The van der Waals surface area contributed by atoms with Gasteiger partial charge in [0.15, 0.2) is 11.5 Å². The number of piperidine rings is 1. The molecule has 2 aromatic heterocycles. The lowest BCUT2D eigenvalue weighted by atomic mass is 10.1. The Hall–Kier alpha value is -2.76. The van der Waals surface area contributed by atoms with Crippen LogP contribution < -0.4 is 15.5 Å². The smallest absolute Gasteiger partial charge is 0.378 e. The van der Waals surface area contributed by atoms with Gasteiger partial charge in [-0.1, -0.05) is 0 Å². The Morgan fingerprint density at radius 3 is 2.10 bits per heavy atom. The molecular weight excluding hydrogens is 389 g/mol. The van der Waals surface area contributed by atoms with Crippen LogP contribution in [0.4, 0.5) is 31.0 Å². The number of alkyl halides is 3. The molecule has 2 aliphatic rings. The van der Waals surface area contributed by atoms with E-state index in [1.54, 1.807) is 0 Å². The summed E-state index contributed by atoms with van der Waals surface area (Å²) in [6.07, 6.45) is -0.638. The molecule has 9 nitrogen and oxygen atoms in total. The zero-order valence-electron chi connectivity index (χ0n) is 15.7. The van der Waals surface area contributed by atoms with Crippen LogP contribution in [-0.4, -0.2) is 64.3 Å². The molecule has 156 valence electrons. The maximum atomic E-state index is 13.6. The predicted octanol–water partition coefficient (Wildman–Crippen LogP) is 1.76. The molecular formula is C17H21F3N8O. The van der Waals surface area contributed by atoms with Crippen molar-refractivity contribution in [2.75, 3.05) is 54.9 Å². The molecule has 0 radical (unpaired) electrons. The summed E-state index contributed by atoms with van der Waals surface area (Å²) >= 11 is 0. The second-order valence-electron chi connectivity index (χ2n) is 6.89. The Labute approximate surface area is 165 Å². The van der Waals surface area contributed by atoms with Crippen LogP contribution in [0.25, 0.3) is 11.4 Å². The van der Waals surface area contributed by atoms with Crippen molar-refractivity contribution in [2.24, 2.45) is 0 Å². The van der Waals surface area contributed by atoms with Crippen molar-refractivity contribution in [1.29, 1.82) is 0 Å². The van der Waals surface area contributed by atoms with E-state index in [1.807, 2.05) is 9.80 Å². The Morgan fingerprint density at radius 2 is 1.48 bits per heavy atom. The van der Waals surface area contributed by atoms with Gasteiger partial charge in [0.05, 0.1) is 18.8 Å². The van der Waals surface area contributed by atoms with Crippen LogP contribution in [0.1, 0.15) is 25.0 Å². The summed E-state index contributed by atoms with van der Waals surface area (Å²) in [5, 5.41) is 0. The first kappa shape index (κ1) is 19.6. The molecule has 2 saturated heterocycles. The molecule has 12 heteroatoms. The van der Waals surface area contributed by atoms with Crippen LogP contribution >= 0.6 is 0 Å². The maximum Gasteiger partial charge on any atom is 0.434 e. The van der Waals surface area contributed by atoms with E-state index in [2.05, 4.69) is 24.9 Å². The van der Waals surface area contributed by atoms with E-state index in [0.717, 1.165) is 38.5 Å². The second-order valence-corrected chi connectivity index (χ2v) is 6.89. The molecule has 0 bridgehead atoms. The molecule has 0 atom stereocenters. The topological polar surface area (TPSA) is 106 Å². The van der Waals surface area contributed by atoms with Gasteiger partial charge in [0.2, 0.25) is 17.8 Å². The minimum atomic E-state index is -4.72. The average molecular weight is 410 g/mol. The average Bonchev–Trinajstić information content (AvgIpc) is 2.74. The minimum absolute atomic E-state index is 0.116. The van der Waals surface area contributed by atoms with E-state index >= 15 is 0 Å². The first-order chi connectivity index (χ1) is 13.9. The molecule has 0 aromatic carbocycles. The molecule has 4 heterocycles. The SMILES string of the molecule is Nc1ncc(-c2nc(N3CCCCC3)nc(N3CCOCC3)n2)c(C(F)(F)F)n1. The first-order valence-electron chi connectivity index (χ1n) is 9.45. The normalized spacial score (nSPS) is 18.2. The van der Waals surface area contributed by atoms with E-state index in [-0.39, 0.29) is 11.4 Å². The fourth-order valence-corrected chi connectivity index (χ4v) is 3.39. The van der Waals surface area contributed by atoms with E-state index in [0.29, 0.717) is 38.2 Å². The number of nitrogens with two attached hydrogens (primary N) is 1. The molecule has 0 aliphatic carbocycles. The summed E-state index contributed by atoms with van der Waals surface area (Å²) in [5.41, 5.74) is 3.91. The number of nitrogens with zero attached hydrogens (tertiary/aromatic N) is 7. The highest BCUT2D eigenvalue weighted by molar-refractivity contribution is 5.62. The zero-order valence-corrected chi connectivity index (χ0v) is 15.7. The summed E-state index contributed by atoms with van der Waals surface area (Å²) in [5.74, 6) is 0.110. The number of rotatable bonds is 3. The molecule has 0 amide bonds. The molecule has 2 N–H and O–H groups in total. The van der Waals surface area contributed by atoms with Crippen LogP contribution in [0.15, 0.2) is 6.20 Å². The number of hydrogen-bond acceptors (Lipinski definition) is 9. The number of halogens is 3. The lowest BCUT2D eigenvalue weighted by Crippen LogP contribution is -2.38. The van der Waals surface area contributed by atoms with Gasteiger partial charge < -0.3 is 20.3 Å². The zero-order chi connectivity index (χ0) is 20.4. The van der Waals surface area contributed by atoms with Crippen LogP contribution in [0.3, 0.4) is 0 Å². The van der Waals surface area contributed by atoms with Gasteiger partial charge in [-0.2, -0.15) is 28.1 Å². The van der Waals surface area contributed by atoms with Crippen LogP contribution in [0.2, 0.25) is 0 Å². The predicted molar refractivity (Wildman–Crippen MR) is 99.4 cm³/mol. The van der Waals surface area contributed by atoms with Crippen LogP contribution in [-0.2, 0) is 10.9 Å². The molecule has 0 spiro atoms. The summed E-state index contributed by atoms with van der Waals surface area (Å²) in [6.45, 7) is 3.59. The van der Waals surface area contributed by atoms with Crippen molar-refractivity contribution in [3.05, 3.63) is 11.9 Å². The highest BCUT2D eigenvalue weighted by Gasteiger charge is 2.37. The van der Waals surface area contributed by atoms with Crippen molar-refractivity contribution < 1.29 is 17.9 Å². The van der Waals surface area contributed by atoms with E-state index < -0.39 is 17.8 Å². The van der Waals surface area contributed by atoms with Gasteiger partial charge in [-0.15, -0.1) is 0 Å².